The van der Waals surface area contributed by atoms with Crippen molar-refractivity contribution in [3.05, 3.63) is 38.7 Å². The average Bonchev–Trinajstić information content (AvgIpc) is 3.02. The summed E-state index contributed by atoms with van der Waals surface area (Å²) in [6.45, 7) is 9.31. The first kappa shape index (κ1) is 21.7. The molecule has 1 aliphatic carbocycles. The average molecular weight is 431 g/mol. The molecule has 1 atom stereocenters. The number of aliphatic imine (C=N–C) groups is 1. The molecule has 1 heterocycles. The third kappa shape index (κ3) is 4.60. The predicted octanol–water partition coefficient (Wildman–Crippen LogP) is 6.58. The molecular formula is C23H27ClN2O2S. The minimum absolute atomic E-state index is 0.271. The van der Waals surface area contributed by atoms with Crippen LogP contribution >= 0.6 is 22.9 Å². The Hall–Kier alpha value is -2.03. The summed E-state index contributed by atoms with van der Waals surface area (Å²) in [5, 5.41) is 11.0. The van der Waals surface area contributed by atoms with Gasteiger partial charge in [-0.05, 0) is 60.8 Å². The molecule has 0 amide bonds. The second kappa shape index (κ2) is 8.77. The number of halogens is 1. The summed E-state index contributed by atoms with van der Waals surface area (Å²) >= 11 is 7.98. The molecule has 0 unspecified atom stereocenters. The Kier molecular flexibility index (Phi) is 6.55. The lowest BCUT2D eigenvalue weighted by molar-refractivity contribution is 0.218. The molecule has 0 saturated carbocycles. The molecule has 1 aromatic carbocycles. The van der Waals surface area contributed by atoms with Crippen LogP contribution in [0.15, 0.2) is 17.1 Å². The Balaban J connectivity index is 1.93. The van der Waals surface area contributed by atoms with Gasteiger partial charge in [0.05, 0.1) is 24.3 Å². The Labute approximate surface area is 182 Å². The third-order valence-electron chi connectivity index (χ3n) is 5.45. The van der Waals surface area contributed by atoms with E-state index in [-0.39, 0.29) is 5.41 Å². The lowest BCUT2D eigenvalue weighted by Crippen LogP contribution is -2.26. The van der Waals surface area contributed by atoms with E-state index in [1.165, 1.54) is 10.4 Å². The van der Waals surface area contributed by atoms with Gasteiger partial charge in [-0.2, -0.15) is 5.26 Å². The van der Waals surface area contributed by atoms with Crippen molar-refractivity contribution in [2.75, 3.05) is 13.7 Å². The summed E-state index contributed by atoms with van der Waals surface area (Å²) in [5.74, 6) is 1.73. The van der Waals surface area contributed by atoms with Crippen LogP contribution in [-0.4, -0.2) is 19.9 Å². The molecule has 0 N–H and O–H groups in total. The third-order valence-corrected chi connectivity index (χ3v) is 6.89. The van der Waals surface area contributed by atoms with Crippen LogP contribution in [0.4, 0.5) is 5.00 Å². The van der Waals surface area contributed by atoms with Crippen molar-refractivity contribution in [1.82, 2.24) is 0 Å². The molecule has 154 valence electrons. The molecule has 0 fully saturated rings. The fraction of sp³-hybridized carbons (Fsp3) is 0.478. The van der Waals surface area contributed by atoms with E-state index in [1.54, 1.807) is 30.7 Å². The highest BCUT2D eigenvalue weighted by molar-refractivity contribution is 7.16. The van der Waals surface area contributed by atoms with Crippen LogP contribution in [0.25, 0.3) is 0 Å². The van der Waals surface area contributed by atoms with Gasteiger partial charge in [0.15, 0.2) is 11.5 Å². The minimum Gasteiger partial charge on any atom is -0.491 e. The number of ether oxygens (including phenoxy) is 2. The van der Waals surface area contributed by atoms with E-state index in [1.807, 2.05) is 13.0 Å². The number of hydrogen-bond donors (Lipinski definition) is 0. The number of fused-ring (bicyclic) bond motifs is 1. The minimum atomic E-state index is 0.271. The molecule has 3 rings (SSSR count). The van der Waals surface area contributed by atoms with Gasteiger partial charge in [-0.3, -0.25) is 0 Å². The molecule has 4 nitrogen and oxygen atoms in total. The first-order chi connectivity index (χ1) is 13.8. The highest BCUT2D eigenvalue weighted by Crippen LogP contribution is 2.45. The summed E-state index contributed by atoms with van der Waals surface area (Å²) in [7, 11) is 1.57. The summed E-state index contributed by atoms with van der Waals surface area (Å²) in [6, 6.07) is 6.03. The maximum absolute atomic E-state index is 9.74. The Bertz CT molecular complexity index is 967. The molecule has 1 aliphatic rings. The normalized spacial score (nSPS) is 16.5. The standard InChI is InChI=1S/C23H27ClN2O2S/c1-6-28-19-10-14(9-18(24)21(19)27-5)13-26-22-17(12-25)16-8-7-15(23(2,3)4)11-20(16)29-22/h9-10,13,15H,6-8,11H2,1-5H3/t15-/m1/s1. The molecule has 0 spiro atoms. The van der Waals surface area contributed by atoms with E-state index in [0.717, 1.165) is 35.4 Å². The highest BCUT2D eigenvalue weighted by Gasteiger charge is 2.32. The molecule has 0 bridgehead atoms. The monoisotopic (exact) mass is 430 g/mol. The summed E-state index contributed by atoms with van der Waals surface area (Å²) in [4.78, 5) is 5.96. The zero-order valence-electron chi connectivity index (χ0n) is 17.6. The van der Waals surface area contributed by atoms with E-state index in [4.69, 9.17) is 21.1 Å². The predicted molar refractivity (Wildman–Crippen MR) is 120 cm³/mol. The zero-order chi connectivity index (χ0) is 21.2. The highest BCUT2D eigenvalue weighted by atomic mass is 35.5. The van der Waals surface area contributed by atoms with Gasteiger partial charge in [0, 0.05) is 11.1 Å². The molecule has 1 aromatic heterocycles. The van der Waals surface area contributed by atoms with Crippen LogP contribution in [0.3, 0.4) is 0 Å². The van der Waals surface area contributed by atoms with Crippen molar-refractivity contribution in [3.63, 3.8) is 0 Å². The van der Waals surface area contributed by atoms with Crippen molar-refractivity contribution >= 4 is 34.2 Å². The molecule has 0 radical (unpaired) electrons. The first-order valence-electron chi connectivity index (χ1n) is 9.87. The van der Waals surface area contributed by atoms with E-state index >= 15 is 0 Å². The molecule has 29 heavy (non-hydrogen) atoms. The Morgan fingerprint density at radius 1 is 1.38 bits per heavy atom. The lowest BCUT2D eigenvalue weighted by Gasteiger charge is -2.33. The maximum Gasteiger partial charge on any atom is 0.179 e. The lowest BCUT2D eigenvalue weighted by atomic mass is 9.72. The second-order valence-corrected chi connectivity index (χ2v) is 9.82. The van der Waals surface area contributed by atoms with E-state index in [9.17, 15) is 5.26 Å². The van der Waals surface area contributed by atoms with E-state index < -0.39 is 0 Å². The van der Waals surface area contributed by atoms with Crippen LogP contribution in [-0.2, 0) is 12.8 Å². The smallest absolute Gasteiger partial charge is 0.179 e. The van der Waals surface area contributed by atoms with Gasteiger partial charge in [-0.1, -0.05) is 32.4 Å². The van der Waals surface area contributed by atoms with Crippen LogP contribution in [0, 0.1) is 22.7 Å². The SMILES string of the molecule is CCOc1cc(C=Nc2sc3c(c2C#N)CC[C@@H](C(C)(C)C)C3)cc(Cl)c1OC. The second-order valence-electron chi connectivity index (χ2n) is 8.33. The van der Waals surface area contributed by atoms with Crippen molar-refractivity contribution in [2.45, 2.75) is 47.0 Å². The number of methoxy groups -OCH3 is 1. The summed E-state index contributed by atoms with van der Waals surface area (Å²) < 4.78 is 11.0. The van der Waals surface area contributed by atoms with Crippen molar-refractivity contribution < 1.29 is 9.47 Å². The van der Waals surface area contributed by atoms with Crippen LogP contribution in [0.2, 0.25) is 5.02 Å². The summed E-state index contributed by atoms with van der Waals surface area (Å²) in [5.41, 5.74) is 2.99. The molecule has 0 saturated heterocycles. The number of thiophene rings is 1. The van der Waals surface area contributed by atoms with E-state index in [2.05, 4.69) is 31.8 Å². The van der Waals surface area contributed by atoms with Crippen LogP contribution in [0.5, 0.6) is 11.5 Å². The van der Waals surface area contributed by atoms with Crippen LogP contribution in [0.1, 0.15) is 55.7 Å². The van der Waals surface area contributed by atoms with Crippen molar-refractivity contribution in [1.29, 1.82) is 5.26 Å². The topological polar surface area (TPSA) is 54.6 Å². The van der Waals surface area contributed by atoms with Gasteiger partial charge in [-0.25, -0.2) is 4.99 Å². The number of benzene rings is 1. The quantitative estimate of drug-likeness (QED) is 0.503. The van der Waals surface area contributed by atoms with Crippen molar-refractivity contribution in [2.24, 2.45) is 16.3 Å². The van der Waals surface area contributed by atoms with Gasteiger partial charge in [-0.15, -0.1) is 11.3 Å². The molecular weight excluding hydrogens is 404 g/mol. The summed E-state index contributed by atoms with van der Waals surface area (Å²) in [6.07, 6.45) is 4.84. The fourth-order valence-corrected chi connectivity index (χ4v) is 5.29. The molecule has 0 aliphatic heterocycles. The number of nitrogens with zero attached hydrogens (tertiary/aromatic N) is 2. The van der Waals surface area contributed by atoms with Gasteiger partial charge >= 0.3 is 0 Å². The van der Waals surface area contributed by atoms with Crippen LogP contribution < -0.4 is 9.47 Å². The Morgan fingerprint density at radius 2 is 2.14 bits per heavy atom. The maximum atomic E-state index is 9.74. The van der Waals surface area contributed by atoms with Crippen molar-refractivity contribution in [3.8, 4) is 17.6 Å². The van der Waals surface area contributed by atoms with E-state index in [0.29, 0.717) is 29.0 Å². The number of nitriles is 1. The zero-order valence-corrected chi connectivity index (χ0v) is 19.2. The largest absolute Gasteiger partial charge is 0.491 e. The number of hydrogen-bond acceptors (Lipinski definition) is 5. The van der Waals surface area contributed by atoms with Gasteiger partial charge in [0.2, 0.25) is 0 Å². The first-order valence-corrected chi connectivity index (χ1v) is 11.1. The molecule has 6 heteroatoms. The van der Waals surface area contributed by atoms with Gasteiger partial charge in [0.25, 0.3) is 0 Å². The Morgan fingerprint density at radius 3 is 2.76 bits per heavy atom. The van der Waals surface area contributed by atoms with Gasteiger partial charge < -0.3 is 9.47 Å². The van der Waals surface area contributed by atoms with Gasteiger partial charge in [0.1, 0.15) is 11.1 Å². The number of rotatable bonds is 5. The fourth-order valence-electron chi connectivity index (χ4n) is 3.77. The molecule has 2 aromatic rings.